The molecular weight excluding hydrogens is 366 g/mol. The molecule has 0 atom stereocenters. The number of ether oxygens (including phenoxy) is 3. The van der Waals surface area contributed by atoms with Crippen molar-refractivity contribution in [2.45, 2.75) is 6.92 Å². The van der Waals surface area contributed by atoms with Crippen LogP contribution in [0.4, 0.5) is 0 Å². The maximum atomic E-state index is 12.5. The van der Waals surface area contributed by atoms with Gasteiger partial charge in [0.05, 0.1) is 37.3 Å². The van der Waals surface area contributed by atoms with Crippen molar-refractivity contribution >= 4 is 33.2 Å². The predicted octanol–water partition coefficient (Wildman–Crippen LogP) is 3.48. The molecule has 0 spiro atoms. The zero-order valence-corrected chi connectivity index (χ0v) is 16.2. The van der Waals surface area contributed by atoms with Crippen LogP contribution in [0.5, 0.6) is 17.2 Å². The average molecular weight is 385 g/mol. The van der Waals surface area contributed by atoms with Gasteiger partial charge in [0.1, 0.15) is 5.01 Å². The fraction of sp³-hybridized carbons (Fsp3) is 0.211. The molecule has 3 aromatic rings. The smallest absolute Gasteiger partial charge is 0.271 e. The molecule has 27 heavy (non-hydrogen) atoms. The number of nitrogens with zero attached hydrogens (tertiary/aromatic N) is 2. The number of rotatable bonds is 6. The molecule has 1 aromatic heterocycles. The lowest BCUT2D eigenvalue weighted by Gasteiger charge is -2.13. The van der Waals surface area contributed by atoms with Crippen LogP contribution in [0.15, 0.2) is 41.5 Å². The monoisotopic (exact) mass is 385 g/mol. The minimum Gasteiger partial charge on any atom is -0.493 e. The minimum atomic E-state index is -0.394. The molecule has 2 aromatic carbocycles. The summed E-state index contributed by atoms with van der Waals surface area (Å²) in [5, 5.41) is 4.92. The van der Waals surface area contributed by atoms with Crippen molar-refractivity contribution in [3.63, 3.8) is 0 Å². The Bertz CT molecular complexity index is 955. The fourth-order valence-corrected chi connectivity index (χ4v) is 3.40. The van der Waals surface area contributed by atoms with Gasteiger partial charge < -0.3 is 14.2 Å². The molecule has 7 nitrogen and oxygen atoms in total. The normalized spacial score (nSPS) is 11.3. The molecule has 0 bridgehead atoms. The summed E-state index contributed by atoms with van der Waals surface area (Å²) in [5.41, 5.74) is 4.41. The van der Waals surface area contributed by atoms with E-state index in [0.29, 0.717) is 28.5 Å². The van der Waals surface area contributed by atoms with Gasteiger partial charge >= 0.3 is 0 Å². The van der Waals surface area contributed by atoms with E-state index in [9.17, 15) is 4.79 Å². The van der Waals surface area contributed by atoms with E-state index in [2.05, 4.69) is 15.5 Å². The molecule has 1 heterocycles. The van der Waals surface area contributed by atoms with Gasteiger partial charge in [0, 0.05) is 5.56 Å². The predicted molar refractivity (Wildman–Crippen MR) is 105 cm³/mol. The molecule has 0 aliphatic heterocycles. The third-order valence-electron chi connectivity index (χ3n) is 3.86. The zero-order valence-electron chi connectivity index (χ0n) is 15.4. The summed E-state index contributed by atoms with van der Waals surface area (Å²) in [4.78, 5) is 17.0. The van der Waals surface area contributed by atoms with E-state index in [1.807, 2.05) is 24.3 Å². The lowest BCUT2D eigenvalue weighted by molar-refractivity contribution is 0.0954. The van der Waals surface area contributed by atoms with Crippen molar-refractivity contribution in [2.75, 3.05) is 21.3 Å². The van der Waals surface area contributed by atoms with Crippen LogP contribution in [0.25, 0.3) is 10.2 Å². The number of fused-ring (bicyclic) bond motifs is 1. The standard InChI is InChI=1S/C19H19N3O4S/c1-11(19-20-13-7-5-6-8-16(13)27-19)21-22-18(23)12-9-14(24-2)17(26-4)15(10-12)25-3/h5-10H,1-4H3,(H,22,23)/b21-11-. The maximum Gasteiger partial charge on any atom is 0.271 e. The highest BCUT2D eigenvalue weighted by molar-refractivity contribution is 7.20. The number of hydrogen-bond acceptors (Lipinski definition) is 7. The average Bonchev–Trinajstić information content (AvgIpc) is 3.14. The zero-order chi connectivity index (χ0) is 19.4. The van der Waals surface area contributed by atoms with E-state index < -0.39 is 5.91 Å². The van der Waals surface area contributed by atoms with E-state index in [4.69, 9.17) is 14.2 Å². The number of aromatic nitrogens is 1. The first-order chi connectivity index (χ1) is 13.1. The number of amides is 1. The van der Waals surface area contributed by atoms with Crippen molar-refractivity contribution in [3.8, 4) is 17.2 Å². The molecule has 0 unspecified atom stereocenters. The van der Waals surface area contributed by atoms with E-state index in [-0.39, 0.29) is 0 Å². The molecule has 0 saturated carbocycles. The highest BCUT2D eigenvalue weighted by Crippen LogP contribution is 2.38. The lowest BCUT2D eigenvalue weighted by Crippen LogP contribution is -2.19. The lowest BCUT2D eigenvalue weighted by atomic mass is 10.1. The number of carbonyl (C=O) groups excluding carboxylic acids is 1. The first-order valence-corrected chi connectivity index (χ1v) is 8.89. The van der Waals surface area contributed by atoms with Crippen LogP contribution >= 0.6 is 11.3 Å². The molecule has 0 aliphatic carbocycles. The van der Waals surface area contributed by atoms with Gasteiger partial charge in [-0.2, -0.15) is 5.10 Å². The van der Waals surface area contributed by atoms with Crippen LogP contribution in [-0.4, -0.2) is 37.9 Å². The highest BCUT2D eigenvalue weighted by Gasteiger charge is 2.17. The van der Waals surface area contributed by atoms with Gasteiger partial charge in [0.2, 0.25) is 5.75 Å². The molecular formula is C19H19N3O4S. The van der Waals surface area contributed by atoms with Crippen LogP contribution < -0.4 is 19.6 Å². The van der Waals surface area contributed by atoms with Crippen LogP contribution in [0.1, 0.15) is 22.3 Å². The molecule has 1 N–H and O–H groups in total. The summed E-state index contributed by atoms with van der Waals surface area (Å²) in [6.07, 6.45) is 0. The van der Waals surface area contributed by atoms with Crippen LogP contribution in [0.3, 0.4) is 0 Å². The van der Waals surface area contributed by atoms with Crippen molar-refractivity contribution < 1.29 is 19.0 Å². The Hall–Kier alpha value is -3.13. The first kappa shape index (κ1) is 18.7. The number of benzene rings is 2. The molecule has 0 aliphatic rings. The van der Waals surface area contributed by atoms with Gasteiger partial charge in [-0.25, -0.2) is 10.4 Å². The number of thiazole rings is 1. The van der Waals surface area contributed by atoms with Gasteiger partial charge in [-0.15, -0.1) is 11.3 Å². The van der Waals surface area contributed by atoms with Crippen molar-refractivity contribution in [3.05, 3.63) is 47.0 Å². The number of para-hydroxylation sites is 1. The topological polar surface area (TPSA) is 82.0 Å². The first-order valence-electron chi connectivity index (χ1n) is 8.08. The Labute approximate surface area is 160 Å². The molecule has 3 rings (SSSR count). The highest BCUT2D eigenvalue weighted by atomic mass is 32.1. The molecule has 1 amide bonds. The number of carbonyl (C=O) groups is 1. The number of nitrogens with one attached hydrogen (secondary N) is 1. The summed E-state index contributed by atoms with van der Waals surface area (Å²) in [6, 6.07) is 11.0. The van der Waals surface area contributed by atoms with E-state index >= 15 is 0 Å². The molecule has 140 valence electrons. The molecule has 0 saturated heterocycles. The second-order valence-electron chi connectivity index (χ2n) is 5.54. The SMILES string of the molecule is COc1cc(C(=O)N/N=C(/C)c2nc3ccccc3s2)cc(OC)c1OC. The van der Waals surface area contributed by atoms with Gasteiger partial charge in [-0.05, 0) is 31.2 Å². The largest absolute Gasteiger partial charge is 0.493 e. The number of methoxy groups -OCH3 is 3. The van der Waals surface area contributed by atoms with E-state index in [0.717, 1.165) is 15.2 Å². The van der Waals surface area contributed by atoms with Crippen molar-refractivity contribution in [2.24, 2.45) is 5.10 Å². The Kier molecular flexibility index (Phi) is 5.56. The molecule has 0 fully saturated rings. The molecule has 0 radical (unpaired) electrons. The molecule has 8 heteroatoms. The van der Waals surface area contributed by atoms with Gasteiger partial charge in [0.15, 0.2) is 11.5 Å². The summed E-state index contributed by atoms with van der Waals surface area (Å²) in [6.45, 7) is 1.80. The van der Waals surface area contributed by atoms with Crippen LogP contribution in [-0.2, 0) is 0 Å². The Morgan fingerprint density at radius 1 is 1.07 bits per heavy atom. The van der Waals surface area contributed by atoms with E-state index in [1.54, 1.807) is 19.1 Å². The summed E-state index contributed by atoms with van der Waals surface area (Å²) in [5.74, 6) is 0.822. The van der Waals surface area contributed by atoms with Crippen molar-refractivity contribution in [1.82, 2.24) is 10.4 Å². The third-order valence-corrected chi connectivity index (χ3v) is 5.00. The second kappa shape index (κ2) is 8.05. The van der Waals surface area contributed by atoms with Crippen LogP contribution in [0.2, 0.25) is 0 Å². The summed E-state index contributed by atoms with van der Waals surface area (Å²) >= 11 is 1.52. The van der Waals surface area contributed by atoms with E-state index in [1.165, 1.54) is 32.7 Å². The van der Waals surface area contributed by atoms with Gasteiger partial charge in [-0.1, -0.05) is 12.1 Å². The van der Waals surface area contributed by atoms with Crippen molar-refractivity contribution in [1.29, 1.82) is 0 Å². The fourth-order valence-electron chi connectivity index (χ4n) is 2.49. The Balaban J connectivity index is 1.83. The Morgan fingerprint density at radius 2 is 1.74 bits per heavy atom. The second-order valence-corrected chi connectivity index (χ2v) is 6.57. The Morgan fingerprint density at radius 3 is 2.33 bits per heavy atom. The quantitative estimate of drug-likeness (QED) is 0.519. The van der Waals surface area contributed by atoms with Gasteiger partial charge in [0.25, 0.3) is 5.91 Å². The van der Waals surface area contributed by atoms with Crippen LogP contribution in [0, 0.1) is 0 Å². The third kappa shape index (κ3) is 3.85. The summed E-state index contributed by atoms with van der Waals surface area (Å²) in [7, 11) is 4.49. The minimum absolute atomic E-state index is 0.338. The maximum absolute atomic E-state index is 12.5. The summed E-state index contributed by atoms with van der Waals surface area (Å²) < 4.78 is 16.9. The number of hydrogen-bond donors (Lipinski definition) is 1. The number of hydrazone groups is 1. The van der Waals surface area contributed by atoms with Gasteiger partial charge in [-0.3, -0.25) is 4.79 Å².